The highest BCUT2D eigenvalue weighted by atomic mass is 19.1. The summed E-state index contributed by atoms with van der Waals surface area (Å²) >= 11 is 0. The van der Waals surface area contributed by atoms with Crippen LogP contribution in [-0.2, 0) is 0 Å². The Morgan fingerprint density at radius 3 is 2.93 bits per heavy atom. The van der Waals surface area contributed by atoms with Gasteiger partial charge in [0.2, 0.25) is 5.95 Å². The van der Waals surface area contributed by atoms with Gasteiger partial charge in [0.25, 0.3) is 5.56 Å². The molecule has 0 bridgehead atoms. The molecule has 2 heterocycles. The second-order valence-electron chi connectivity index (χ2n) is 3.07. The summed E-state index contributed by atoms with van der Waals surface area (Å²) in [5.41, 5.74) is 0.833. The van der Waals surface area contributed by atoms with E-state index in [0.29, 0.717) is 11.3 Å². The van der Waals surface area contributed by atoms with Crippen LogP contribution in [0, 0.1) is 12.9 Å². The molecule has 0 radical (unpaired) electrons. The van der Waals surface area contributed by atoms with Gasteiger partial charge in [-0.05, 0) is 24.6 Å². The normalized spacial score (nSPS) is 10.3. The molecule has 2 aromatic rings. The third-order valence-electron chi connectivity index (χ3n) is 1.99. The van der Waals surface area contributed by atoms with Crippen molar-refractivity contribution in [3.63, 3.8) is 0 Å². The van der Waals surface area contributed by atoms with E-state index in [1.54, 1.807) is 13.0 Å². The van der Waals surface area contributed by atoms with Crippen molar-refractivity contribution in [3.8, 4) is 5.69 Å². The minimum Gasteiger partial charge on any atom is -0.267 e. The lowest BCUT2D eigenvalue weighted by Crippen LogP contribution is -2.20. The van der Waals surface area contributed by atoms with Gasteiger partial charge in [-0.1, -0.05) is 0 Å². The lowest BCUT2D eigenvalue weighted by atomic mass is 10.2. The molecule has 5 heteroatoms. The average molecular weight is 205 g/mol. The number of hydrogen-bond donors (Lipinski definition) is 0. The molecule has 15 heavy (non-hydrogen) atoms. The topological polar surface area (TPSA) is 47.8 Å². The number of halogens is 1. The molecule has 0 aliphatic rings. The second-order valence-corrected chi connectivity index (χ2v) is 3.07. The largest absolute Gasteiger partial charge is 0.271 e. The Hall–Kier alpha value is -2.04. The van der Waals surface area contributed by atoms with Crippen LogP contribution in [0.5, 0.6) is 0 Å². The van der Waals surface area contributed by atoms with Gasteiger partial charge >= 0.3 is 0 Å². The van der Waals surface area contributed by atoms with Crippen LogP contribution in [-0.4, -0.2) is 14.8 Å². The van der Waals surface area contributed by atoms with Crippen molar-refractivity contribution in [2.24, 2.45) is 0 Å². The molecule has 4 nitrogen and oxygen atoms in total. The lowest BCUT2D eigenvalue weighted by Gasteiger charge is -2.05. The third-order valence-corrected chi connectivity index (χ3v) is 1.99. The van der Waals surface area contributed by atoms with Gasteiger partial charge in [-0.3, -0.25) is 4.79 Å². The van der Waals surface area contributed by atoms with E-state index in [9.17, 15) is 9.18 Å². The summed E-state index contributed by atoms with van der Waals surface area (Å²) < 4.78 is 13.9. The van der Waals surface area contributed by atoms with Crippen LogP contribution >= 0.6 is 0 Å². The van der Waals surface area contributed by atoms with E-state index in [1.165, 1.54) is 29.2 Å². The van der Waals surface area contributed by atoms with E-state index in [2.05, 4.69) is 10.1 Å². The number of aryl methyl sites for hydroxylation is 1. The van der Waals surface area contributed by atoms with Crippen LogP contribution < -0.4 is 5.56 Å². The van der Waals surface area contributed by atoms with E-state index in [0.717, 1.165) is 0 Å². The van der Waals surface area contributed by atoms with Crippen LogP contribution in [0.15, 0.2) is 35.4 Å². The molecule has 0 amide bonds. The Kier molecular flexibility index (Phi) is 2.29. The second kappa shape index (κ2) is 3.61. The summed E-state index contributed by atoms with van der Waals surface area (Å²) in [6, 6.07) is 4.19. The van der Waals surface area contributed by atoms with Gasteiger partial charge in [-0.15, -0.1) is 0 Å². The first kappa shape index (κ1) is 9.51. The summed E-state index contributed by atoms with van der Waals surface area (Å²) in [7, 11) is 0. The predicted octanol–water partition coefficient (Wildman–Crippen LogP) is 1.08. The monoisotopic (exact) mass is 205 g/mol. The van der Waals surface area contributed by atoms with Crippen molar-refractivity contribution in [2.45, 2.75) is 6.92 Å². The molecule has 0 spiro atoms. The van der Waals surface area contributed by atoms with Gasteiger partial charge < -0.3 is 0 Å². The molecule has 2 rings (SSSR count). The Balaban J connectivity index is 2.65. The Morgan fingerprint density at radius 1 is 1.47 bits per heavy atom. The van der Waals surface area contributed by atoms with Crippen LogP contribution in [0.1, 0.15) is 5.56 Å². The molecule has 0 aromatic carbocycles. The Bertz CT molecular complexity index is 550. The zero-order valence-electron chi connectivity index (χ0n) is 8.01. The van der Waals surface area contributed by atoms with Crippen molar-refractivity contribution < 1.29 is 4.39 Å². The fourth-order valence-electron chi connectivity index (χ4n) is 1.28. The minimum absolute atomic E-state index is 0.269. The number of pyridine rings is 1. The number of aromatic nitrogens is 3. The predicted molar refractivity (Wildman–Crippen MR) is 52.3 cm³/mol. The summed E-state index contributed by atoms with van der Waals surface area (Å²) in [5.74, 6) is -0.569. The standard InChI is InChI=1S/C10H8FN3O/c1-7-5-9(11)12-6-8(7)14-10(15)3-2-4-13-14/h2-6H,1H3. The fraction of sp³-hybridized carbons (Fsp3) is 0.100. The van der Waals surface area contributed by atoms with Crippen molar-refractivity contribution in [1.29, 1.82) is 0 Å². The van der Waals surface area contributed by atoms with Crippen LogP contribution in [0.4, 0.5) is 4.39 Å². The number of hydrogen-bond acceptors (Lipinski definition) is 3. The van der Waals surface area contributed by atoms with Crippen molar-refractivity contribution in [3.05, 3.63) is 52.5 Å². The molecule has 2 aromatic heterocycles. The van der Waals surface area contributed by atoms with Gasteiger partial charge in [0.15, 0.2) is 0 Å². The van der Waals surface area contributed by atoms with Crippen LogP contribution in [0.2, 0.25) is 0 Å². The molecule has 0 saturated carbocycles. The molecular formula is C10H8FN3O. The summed E-state index contributed by atoms with van der Waals surface area (Å²) in [5, 5.41) is 3.88. The Labute approximate surface area is 85.0 Å². The highest BCUT2D eigenvalue weighted by molar-refractivity contribution is 5.36. The fourth-order valence-corrected chi connectivity index (χ4v) is 1.28. The maximum Gasteiger partial charge on any atom is 0.271 e. The van der Waals surface area contributed by atoms with Crippen LogP contribution in [0.3, 0.4) is 0 Å². The Morgan fingerprint density at radius 2 is 2.27 bits per heavy atom. The van der Waals surface area contributed by atoms with Gasteiger partial charge in [0, 0.05) is 12.3 Å². The lowest BCUT2D eigenvalue weighted by molar-refractivity contribution is 0.580. The van der Waals surface area contributed by atoms with Crippen molar-refractivity contribution in [1.82, 2.24) is 14.8 Å². The van der Waals surface area contributed by atoms with E-state index < -0.39 is 5.95 Å². The maximum absolute atomic E-state index is 12.7. The molecule has 0 N–H and O–H groups in total. The highest BCUT2D eigenvalue weighted by Gasteiger charge is 2.05. The van der Waals surface area contributed by atoms with Crippen LogP contribution in [0.25, 0.3) is 5.69 Å². The van der Waals surface area contributed by atoms with E-state index in [1.807, 2.05) is 0 Å². The van der Waals surface area contributed by atoms with Crippen molar-refractivity contribution in [2.75, 3.05) is 0 Å². The number of rotatable bonds is 1. The third kappa shape index (κ3) is 1.76. The molecule has 0 fully saturated rings. The molecule has 0 aliphatic heterocycles. The summed E-state index contributed by atoms with van der Waals surface area (Å²) in [4.78, 5) is 14.9. The summed E-state index contributed by atoms with van der Waals surface area (Å²) in [6.45, 7) is 1.70. The smallest absolute Gasteiger partial charge is 0.267 e. The molecular weight excluding hydrogens is 197 g/mol. The van der Waals surface area contributed by atoms with Gasteiger partial charge in [0.05, 0.1) is 11.9 Å². The molecule has 76 valence electrons. The number of nitrogens with zero attached hydrogens (tertiary/aromatic N) is 3. The maximum atomic E-state index is 12.7. The first-order valence-corrected chi connectivity index (χ1v) is 4.35. The van der Waals surface area contributed by atoms with Crippen molar-refractivity contribution >= 4 is 0 Å². The van der Waals surface area contributed by atoms with Gasteiger partial charge in [0.1, 0.15) is 0 Å². The van der Waals surface area contributed by atoms with E-state index in [4.69, 9.17) is 0 Å². The zero-order chi connectivity index (χ0) is 10.8. The molecule has 0 aliphatic carbocycles. The SMILES string of the molecule is Cc1cc(F)ncc1-n1ncccc1=O. The van der Waals surface area contributed by atoms with Gasteiger partial charge in [-0.25, -0.2) is 4.98 Å². The first-order valence-electron chi connectivity index (χ1n) is 4.35. The summed E-state index contributed by atoms with van der Waals surface area (Å²) in [6.07, 6.45) is 2.78. The molecule has 0 unspecified atom stereocenters. The van der Waals surface area contributed by atoms with E-state index >= 15 is 0 Å². The van der Waals surface area contributed by atoms with Gasteiger partial charge in [-0.2, -0.15) is 14.2 Å². The van der Waals surface area contributed by atoms with E-state index in [-0.39, 0.29) is 5.56 Å². The quantitative estimate of drug-likeness (QED) is 0.654. The molecule has 0 atom stereocenters. The highest BCUT2D eigenvalue weighted by Crippen LogP contribution is 2.09. The minimum atomic E-state index is -0.569. The average Bonchev–Trinajstić information content (AvgIpc) is 2.20. The molecule has 0 saturated heterocycles. The first-order chi connectivity index (χ1) is 7.18. The zero-order valence-corrected chi connectivity index (χ0v) is 8.01.